The van der Waals surface area contributed by atoms with Crippen LogP contribution in [0.15, 0.2) is 115 Å². The summed E-state index contributed by atoms with van der Waals surface area (Å²) in [5, 5.41) is 0. The zero-order valence-corrected chi connectivity index (χ0v) is 41.0. The average molecular weight is 1060 g/mol. The third-order valence-electron chi connectivity index (χ3n) is 12.2. The number of methoxy groups -OCH3 is 2. The Bertz CT molecular complexity index is 2400. The number of anilines is 2. The Labute approximate surface area is 387 Å². The standard InChI is InChI=1S/C50H48Br4N2O4/c1-29-11-15-33(16-12-29)39(35-19-21-41-37(25-35)9-7-23-55(41)31(3)58-5)27-50(44-43(49(57)60-50)45(51)47(53)48(54)46(44)52)28-40(34-17-13-30(2)14-18-34)36-20-22-42-38(26-36)10-8-24-56(42)32(4)59-6/h11-22,25-28,31-32H,7-10,23-24H2,1-6H3/b39-27+,40-28+. The van der Waals surface area contributed by atoms with E-state index in [1.165, 1.54) is 22.5 Å². The molecule has 0 saturated carbocycles. The summed E-state index contributed by atoms with van der Waals surface area (Å²) in [6.07, 6.45) is 8.19. The van der Waals surface area contributed by atoms with E-state index in [9.17, 15) is 4.79 Å². The molecule has 310 valence electrons. The fourth-order valence-electron chi connectivity index (χ4n) is 8.85. The molecule has 0 fully saturated rings. The molecule has 0 bridgehead atoms. The van der Waals surface area contributed by atoms with Crippen molar-refractivity contribution in [1.29, 1.82) is 0 Å². The number of halogens is 4. The molecular formula is C50H48Br4N2O4. The van der Waals surface area contributed by atoms with Crippen LogP contribution >= 0.6 is 63.7 Å². The number of carbonyl (C=O) groups excluding carboxylic acids is 1. The highest BCUT2D eigenvalue weighted by molar-refractivity contribution is 9.15. The molecule has 3 heterocycles. The number of cyclic esters (lactones) is 1. The number of rotatable bonds is 10. The number of fused-ring (bicyclic) bond motifs is 3. The quantitative estimate of drug-likeness (QED) is 0.0789. The lowest BCUT2D eigenvalue weighted by Gasteiger charge is -2.36. The topological polar surface area (TPSA) is 51.2 Å². The third-order valence-corrected chi connectivity index (χ3v) is 17.0. The molecule has 0 radical (unpaired) electrons. The normalized spacial score (nSPS) is 18.8. The van der Waals surface area contributed by atoms with E-state index in [1.54, 1.807) is 14.2 Å². The van der Waals surface area contributed by atoms with Crippen molar-refractivity contribution in [3.63, 3.8) is 0 Å². The van der Waals surface area contributed by atoms with Crippen LogP contribution in [0.25, 0.3) is 11.1 Å². The van der Waals surface area contributed by atoms with E-state index in [1.807, 2.05) is 0 Å². The minimum Gasteiger partial charge on any atom is -0.442 e. The van der Waals surface area contributed by atoms with Crippen LogP contribution in [0.2, 0.25) is 0 Å². The van der Waals surface area contributed by atoms with E-state index >= 15 is 0 Å². The van der Waals surface area contributed by atoms with E-state index in [4.69, 9.17) is 14.2 Å². The Morgan fingerprint density at radius 1 is 0.633 bits per heavy atom. The highest BCUT2D eigenvalue weighted by Gasteiger charge is 2.48. The maximum atomic E-state index is 14.6. The molecule has 0 N–H and O–H groups in total. The second kappa shape index (κ2) is 17.7. The van der Waals surface area contributed by atoms with Crippen molar-refractivity contribution in [2.24, 2.45) is 0 Å². The Morgan fingerprint density at radius 3 is 1.48 bits per heavy atom. The summed E-state index contributed by atoms with van der Waals surface area (Å²) in [6.45, 7) is 10.3. The molecule has 2 unspecified atom stereocenters. The maximum Gasteiger partial charge on any atom is 0.341 e. The molecule has 0 aliphatic carbocycles. The Balaban J connectivity index is 1.44. The van der Waals surface area contributed by atoms with Crippen LogP contribution < -0.4 is 9.80 Å². The molecule has 5 aromatic carbocycles. The minimum atomic E-state index is -1.38. The van der Waals surface area contributed by atoms with E-state index < -0.39 is 11.6 Å². The van der Waals surface area contributed by atoms with Crippen molar-refractivity contribution in [2.45, 2.75) is 71.4 Å². The van der Waals surface area contributed by atoms with Gasteiger partial charge in [-0.15, -0.1) is 0 Å². The zero-order valence-electron chi connectivity index (χ0n) is 34.7. The predicted molar refractivity (Wildman–Crippen MR) is 258 cm³/mol. The smallest absolute Gasteiger partial charge is 0.341 e. The van der Waals surface area contributed by atoms with Crippen molar-refractivity contribution in [1.82, 2.24) is 0 Å². The number of hydrogen-bond donors (Lipinski definition) is 0. The second-order valence-corrected chi connectivity index (χ2v) is 19.2. The first kappa shape index (κ1) is 43.2. The van der Waals surface area contributed by atoms with E-state index in [2.05, 4.69) is 198 Å². The van der Waals surface area contributed by atoms with Gasteiger partial charge in [0.05, 0.1) is 5.56 Å². The summed E-state index contributed by atoms with van der Waals surface area (Å²) in [5.74, 6) is -0.422. The second-order valence-electron chi connectivity index (χ2n) is 16.0. The molecule has 0 amide bonds. The Kier molecular flexibility index (Phi) is 12.7. The fraction of sp³-hybridized carbons (Fsp3) is 0.300. The maximum absolute atomic E-state index is 14.6. The first-order valence-corrected chi connectivity index (χ1v) is 23.6. The number of hydrogen-bond acceptors (Lipinski definition) is 6. The Hall–Kier alpha value is -3.51. The lowest BCUT2D eigenvalue weighted by Crippen LogP contribution is -2.38. The van der Waals surface area contributed by atoms with E-state index in [0.29, 0.717) is 15.6 Å². The van der Waals surface area contributed by atoms with Gasteiger partial charge >= 0.3 is 5.97 Å². The summed E-state index contributed by atoms with van der Waals surface area (Å²) in [6, 6.07) is 30.6. The number of esters is 1. The zero-order chi connectivity index (χ0) is 42.5. The molecule has 60 heavy (non-hydrogen) atoms. The van der Waals surface area contributed by atoms with Gasteiger partial charge < -0.3 is 24.0 Å². The van der Waals surface area contributed by atoms with Gasteiger partial charge in [0.25, 0.3) is 0 Å². The molecule has 3 aliphatic heterocycles. The van der Waals surface area contributed by atoms with E-state index in [0.717, 1.165) is 96.7 Å². The molecule has 0 saturated heterocycles. The van der Waals surface area contributed by atoms with Crippen LogP contribution in [0.3, 0.4) is 0 Å². The molecule has 5 aromatic rings. The number of nitrogens with zero attached hydrogens (tertiary/aromatic N) is 2. The van der Waals surface area contributed by atoms with Crippen LogP contribution in [-0.4, -0.2) is 45.7 Å². The van der Waals surface area contributed by atoms with Crippen molar-refractivity contribution in [3.05, 3.63) is 171 Å². The minimum absolute atomic E-state index is 0.0476. The summed E-state index contributed by atoms with van der Waals surface area (Å²) >= 11 is 15.4. The van der Waals surface area contributed by atoms with Gasteiger partial charge in [-0.05, 0) is 198 Å². The van der Waals surface area contributed by atoms with Gasteiger partial charge in [-0.25, -0.2) is 4.79 Å². The predicted octanol–water partition coefficient (Wildman–Crippen LogP) is 13.5. The fourth-order valence-corrected chi connectivity index (χ4v) is 11.4. The molecule has 8 rings (SSSR count). The van der Waals surface area contributed by atoms with Crippen LogP contribution in [0, 0.1) is 13.8 Å². The summed E-state index contributed by atoms with van der Waals surface area (Å²) in [5.41, 5.74) is 13.0. The number of aryl methyl sites for hydroxylation is 4. The van der Waals surface area contributed by atoms with Gasteiger partial charge in [0, 0.05) is 62.1 Å². The molecule has 0 spiro atoms. The number of ether oxygens (including phenoxy) is 3. The van der Waals surface area contributed by atoms with Crippen molar-refractivity contribution >= 4 is 92.2 Å². The molecule has 10 heteroatoms. The molecule has 2 atom stereocenters. The van der Waals surface area contributed by atoms with Crippen molar-refractivity contribution in [2.75, 3.05) is 37.1 Å². The van der Waals surface area contributed by atoms with Gasteiger partial charge in [-0.1, -0.05) is 71.8 Å². The summed E-state index contributed by atoms with van der Waals surface area (Å²) in [4.78, 5) is 19.2. The van der Waals surface area contributed by atoms with Crippen LogP contribution in [0.1, 0.15) is 87.1 Å². The summed E-state index contributed by atoms with van der Waals surface area (Å²) in [7, 11) is 3.52. The van der Waals surface area contributed by atoms with Gasteiger partial charge in [-0.3, -0.25) is 0 Å². The number of benzene rings is 5. The first-order valence-electron chi connectivity index (χ1n) is 20.4. The SMILES string of the molecule is COC(C)N1CCCc2cc(/C(=C/C3(/C=C(\c4ccc(C)cc4)c4ccc5c(c4)CCCN5C(C)OC)OC(=O)c4c(Br)c(Br)c(Br)c(Br)c43)c3ccc(C)cc3)ccc21. The third kappa shape index (κ3) is 8.01. The van der Waals surface area contributed by atoms with Crippen LogP contribution in [0.4, 0.5) is 11.4 Å². The van der Waals surface area contributed by atoms with Crippen molar-refractivity contribution < 1.29 is 19.0 Å². The molecular weight excluding hydrogens is 1010 g/mol. The van der Waals surface area contributed by atoms with Crippen molar-refractivity contribution in [3.8, 4) is 0 Å². The van der Waals surface area contributed by atoms with Crippen LogP contribution in [-0.2, 0) is 32.7 Å². The highest BCUT2D eigenvalue weighted by atomic mass is 79.9. The van der Waals surface area contributed by atoms with Gasteiger partial charge in [-0.2, -0.15) is 0 Å². The largest absolute Gasteiger partial charge is 0.442 e. The first-order chi connectivity index (χ1) is 28.8. The van der Waals surface area contributed by atoms with Gasteiger partial charge in [0.1, 0.15) is 12.5 Å². The van der Waals surface area contributed by atoms with Gasteiger partial charge in [0.15, 0.2) is 5.60 Å². The lowest BCUT2D eigenvalue weighted by atomic mass is 9.82. The highest BCUT2D eigenvalue weighted by Crippen LogP contribution is 2.54. The molecule has 0 aromatic heterocycles. The lowest BCUT2D eigenvalue weighted by molar-refractivity contribution is 0.0298. The average Bonchev–Trinajstić information content (AvgIpc) is 3.56. The van der Waals surface area contributed by atoms with Crippen LogP contribution in [0.5, 0.6) is 0 Å². The Morgan fingerprint density at radius 2 is 1.05 bits per heavy atom. The number of carbonyl (C=O) groups is 1. The van der Waals surface area contributed by atoms with E-state index in [-0.39, 0.29) is 12.5 Å². The molecule has 6 nitrogen and oxygen atoms in total. The summed E-state index contributed by atoms with van der Waals surface area (Å²) < 4.78 is 21.3. The monoisotopic (exact) mass is 1060 g/mol. The van der Waals surface area contributed by atoms with Gasteiger partial charge in [0.2, 0.25) is 0 Å². The molecule has 3 aliphatic rings.